The molecule has 7 nitrogen and oxygen atoms in total. The van der Waals surface area contributed by atoms with Crippen LogP contribution >= 0.6 is 0 Å². The first kappa shape index (κ1) is 25.0. The predicted octanol–water partition coefficient (Wildman–Crippen LogP) is 4.30. The molecule has 29 heavy (non-hydrogen) atoms. The third kappa shape index (κ3) is 8.48. The molecule has 1 aliphatic carbocycles. The highest BCUT2D eigenvalue weighted by Crippen LogP contribution is 2.34. The van der Waals surface area contributed by atoms with Crippen LogP contribution in [0.1, 0.15) is 84.5 Å². The van der Waals surface area contributed by atoms with Crippen molar-refractivity contribution in [2.24, 2.45) is 0 Å². The van der Waals surface area contributed by atoms with E-state index in [0.29, 0.717) is 37.7 Å². The number of aliphatic hydroxyl groups excluding tert-OH is 1. The van der Waals surface area contributed by atoms with Crippen molar-refractivity contribution in [3.8, 4) is 0 Å². The highest BCUT2D eigenvalue weighted by Gasteiger charge is 2.40. The molecule has 2 unspecified atom stereocenters. The largest absolute Gasteiger partial charge is 0.469 e. The maximum Gasteiger partial charge on any atom is 0.305 e. The molecule has 0 aromatic rings. The maximum absolute atomic E-state index is 12.4. The van der Waals surface area contributed by atoms with Crippen LogP contribution in [0.25, 0.3) is 0 Å². The number of nitro groups is 1. The lowest BCUT2D eigenvalue weighted by molar-refractivity contribution is -0.566. The average molecular weight is 410 g/mol. The van der Waals surface area contributed by atoms with E-state index < -0.39 is 11.6 Å². The van der Waals surface area contributed by atoms with Crippen LogP contribution in [-0.4, -0.2) is 40.5 Å². The van der Waals surface area contributed by atoms with E-state index in [2.05, 4.69) is 11.7 Å². The minimum absolute atomic E-state index is 0.0484. The minimum atomic E-state index is -1.26. The van der Waals surface area contributed by atoms with Gasteiger partial charge >= 0.3 is 5.97 Å². The molecular weight excluding hydrogens is 374 g/mol. The van der Waals surface area contributed by atoms with Crippen LogP contribution in [0.4, 0.5) is 0 Å². The number of esters is 1. The molecule has 2 atom stereocenters. The summed E-state index contributed by atoms with van der Waals surface area (Å²) in [5.74, 6) is -0.376. The lowest BCUT2D eigenvalue weighted by Crippen LogP contribution is -2.36. The van der Waals surface area contributed by atoms with Gasteiger partial charge in [0.05, 0.1) is 13.2 Å². The number of Topliss-reactive ketones (excluding diaryl/α,β-unsaturated/α-hetero) is 1. The summed E-state index contributed by atoms with van der Waals surface area (Å²) < 4.78 is 4.59. The van der Waals surface area contributed by atoms with E-state index in [1.165, 1.54) is 7.11 Å². The van der Waals surface area contributed by atoms with Crippen molar-refractivity contribution in [1.82, 2.24) is 0 Å². The summed E-state index contributed by atoms with van der Waals surface area (Å²) >= 11 is 0. The van der Waals surface area contributed by atoms with Gasteiger partial charge in [-0.1, -0.05) is 38.3 Å². The zero-order valence-electron chi connectivity index (χ0n) is 17.9. The van der Waals surface area contributed by atoms with Gasteiger partial charge in [-0.25, -0.2) is 0 Å². The minimum Gasteiger partial charge on any atom is -0.469 e. The Morgan fingerprint density at radius 3 is 2.66 bits per heavy atom. The first-order chi connectivity index (χ1) is 13.7. The van der Waals surface area contributed by atoms with Gasteiger partial charge in [0.2, 0.25) is 5.54 Å². The monoisotopic (exact) mass is 409 g/mol. The van der Waals surface area contributed by atoms with E-state index in [4.69, 9.17) is 0 Å². The fourth-order valence-corrected chi connectivity index (χ4v) is 3.55. The first-order valence-electron chi connectivity index (χ1n) is 10.6. The van der Waals surface area contributed by atoms with Gasteiger partial charge in [-0.05, 0) is 31.3 Å². The van der Waals surface area contributed by atoms with Crippen LogP contribution < -0.4 is 0 Å². The van der Waals surface area contributed by atoms with Crippen molar-refractivity contribution >= 4 is 11.8 Å². The molecular formula is C22H35NO6. The number of carbonyl (C=O) groups excluding carboxylic acids is 2. The van der Waals surface area contributed by atoms with E-state index in [0.717, 1.165) is 24.8 Å². The van der Waals surface area contributed by atoms with Gasteiger partial charge in [-0.3, -0.25) is 19.7 Å². The van der Waals surface area contributed by atoms with Gasteiger partial charge in [0, 0.05) is 43.1 Å². The topological polar surface area (TPSA) is 107 Å². The van der Waals surface area contributed by atoms with Crippen molar-refractivity contribution < 1.29 is 24.4 Å². The molecule has 0 bridgehead atoms. The van der Waals surface area contributed by atoms with Crippen LogP contribution in [0.15, 0.2) is 23.3 Å². The summed E-state index contributed by atoms with van der Waals surface area (Å²) in [6.45, 7) is 3.66. The first-order valence-corrected chi connectivity index (χ1v) is 10.6. The molecule has 0 saturated carbocycles. The smallest absolute Gasteiger partial charge is 0.305 e. The molecule has 1 rings (SSSR count). The SMILES string of the molecule is CCCCCC(O)/C=C/C1=C(CC(C)(CCCCC(=O)OC)[N+](=O)[O-])C(=O)CC1. The number of methoxy groups -OCH3 is 1. The summed E-state index contributed by atoms with van der Waals surface area (Å²) in [6.07, 6.45) is 9.20. The Balaban J connectivity index is 2.80. The van der Waals surface area contributed by atoms with Crippen molar-refractivity contribution in [2.75, 3.05) is 7.11 Å². The molecule has 0 amide bonds. The summed E-state index contributed by atoms with van der Waals surface area (Å²) in [4.78, 5) is 35.0. The number of allylic oxidation sites excluding steroid dienone is 2. The van der Waals surface area contributed by atoms with Gasteiger partial charge in [-0.15, -0.1) is 0 Å². The second kappa shape index (κ2) is 12.5. The Kier molecular flexibility index (Phi) is 10.8. The average Bonchev–Trinajstić information content (AvgIpc) is 3.02. The summed E-state index contributed by atoms with van der Waals surface area (Å²) in [5, 5.41) is 21.8. The molecule has 7 heteroatoms. The third-order valence-corrected chi connectivity index (χ3v) is 5.54. The fraction of sp³-hybridized carbons (Fsp3) is 0.727. The molecule has 1 aliphatic rings. The van der Waals surface area contributed by atoms with Gasteiger partial charge in [0.25, 0.3) is 0 Å². The van der Waals surface area contributed by atoms with E-state index in [1.54, 1.807) is 19.1 Å². The molecule has 0 aromatic carbocycles. The second-order valence-corrected chi connectivity index (χ2v) is 8.06. The molecule has 164 valence electrons. The Hall–Kier alpha value is -2.02. The number of unbranched alkanes of at least 4 members (excludes halogenated alkanes) is 3. The lowest BCUT2D eigenvalue weighted by Gasteiger charge is -2.21. The zero-order chi connectivity index (χ0) is 21.9. The standard InChI is InChI=1S/C22H35NO6/c1-4-5-6-9-18(24)13-11-17-12-14-20(25)19(17)16-22(2,23(27)28)15-8-7-10-21(26)29-3/h11,13,18,24H,4-10,12,14-16H2,1-3H3/b13-11+. The molecule has 0 aliphatic heterocycles. The normalized spacial score (nSPS) is 17.6. The Labute approximate surface area is 173 Å². The predicted molar refractivity (Wildman–Crippen MR) is 111 cm³/mol. The Morgan fingerprint density at radius 2 is 2.03 bits per heavy atom. The molecule has 0 saturated heterocycles. The highest BCUT2D eigenvalue weighted by atomic mass is 16.6. The number of carbonyl (C=O) groups is 2. The Bertz CT molecular complexity index is 639. The van der Waals surface area contributed by atoms with Gasteiger partial charge in [0.15, 0.2) is 5.78 Å². The molecule has 0 heterocycles. The third-order valence-electron chi connectivity index (χ3n) is 5.54. The fourth-order valence-electron chi connectivity index (χ4n) is 3.55. The zero-order valence-corrected chi connectivity index (χ0v) is 17.9. The summed E-state index contributed by atoms with van der Waals surface area (Å²) in [6, 6.07) is 0. The highest BCUT2D eigenvalue weighted by molar-refractivity contribution is 5.99. The number of ketones is 1. The number of aliphatic hydroxyl groups is 1. The quantitative estimate of drug-likeness (QED) is 0.198. The molecule has 0 fully saturated rings. The van der Waals surface area contributed by atoms with E-state index in [-0.39, 0.29) is 35.9 Å². The van der Waals surface area contributed by atoms with E-state index in [9.17, 15) is 24.8 Å². The van der Waals surface area contributed by atoms with Crippen molar-refractivity contribution in [1.29, 1.82) is 0 Å². The van der Waals surface area contributed by atoms with Gasteiger partial charge in [-0.2, -0.15) is 0 Å². The van der Waals surface area contributed by atoms with Gasteiger partial charge in [0.1, 0.15) is 0 Å². The van der Waals surface area contributed by atoms with Crippen molar-refractivity contribution in [3.05, 3.63) is 33.4 Å². The molecule has 1 N–H and O–H groups in total. The molecule has 0 spiro atoms. The van der Waals surface area contributed by atoms with E-state index >= 15 is 0 Å². The maximum atomic E-state index is 12.4. The second-order valence-electron chi connectivity index (χ2n) is 8.06. The summed E-state index contributed by atoms with van der Waals surface area (Å²) in [7, 11) is 1.32. The van der Waals surface area contributed by atoms with Crippen LogP contribution in [-0.2, 0) is 14.3 Å². The Morgan fingerprint density at radius 1 is 1.31 bits per heavy atom. The molecule has 0 aromatic heterocycles. The van der Waals surface area contributed by atoms with Crippen LogP contribution in [0.3, 0.4) is 0 Å². The summed E-state index contributed by atoms with van der Waals surface area (Å²) in [5.41, 5.74) is 0.0472. The number of ether oxygens (including phenoxy) is 1. The lowest BCUT2D eigenvalue weighted by atomic mass is 9.86. The van der Waals surface area contributed by atoms with Crippen molar-refractivity contribution in [3.63, 3.8) is 0 Å². The van der Waals surface area contributed by atoms with Crippen LogP contribution in [0.5, 0.6) is 0 Å². The van der Waals surface area contributed by atoms with Crippen LogP contribution in [0, 0.1) is 10.1 Å². The number of rotatable bonds is 14. The number of hydrogen-bond acceptors (Lipinski definition) is 6. The molecule has 0 radical (unpaired) electrons. The van der Waals surface area contributed by atoms with Crippen LogP contribution in [0.2, 0.25) is 0 Å². The number of nitrogens with zero attached hydrogens (tertiary/aromatic N) is 1. The van der Waals surface area contributed by atoms with Crippen molar-refractivity contribution in [2.45, 2.75) is 96.1 Å². The van der Waals surface area contributed by atoms with Gasteiger partial charge < -0.3 is 9.84 Å². The number of hydrogen-bond donors (Lipinski definition) is 1. The van der Waals surface area contributed by atoms with E-state index in [1.807, 2.05) is 0 Å².